The smallest absolute Gasteiger partial charge is 0.323 e. The summed E-state index contributed by atoms with van der Waals surface area (Å²) in [5.74, 6) is -2.28. The molecule has 98 valence electrons. The van der Waals surface area contributed by atoms with E-state index in [1.807, 2.05) is 6.92 Å². The number of benzene rings is 1. The van der Waals surface area contributed by atoms with Gasteiger partial charge in [0.25, 0.3) is 5.56 Å². The van der Waals surface area contributed by atoms with Gasteiger partial charge in [-0.1, -0.05) is 29.8 Å². The van der Waals surface area contributed by atoms with E-state index in [2.05, 4.69) is 4.98 Å². The van der Waals surface area contributed by atoms with E-state index in [1.165, 1.54) is 0 Å². The average Bonchev–Trinajstić information content (AvgIpc) is 2.36. The topological polar surface area (TPSA) is 72.2 Å². The summed E-state index contributed by atoms with van der Waals surface area (Å²) < 4.78 is 14.6. The first-order valence-corrected chi connectivity index (χ1v) is 5.53. The van der Waals surface area contributed by atoms with Crippen molar-refractivity contribution >= 4 is 5.97 Å². The standard InChI is InChI=1S/C13H11FN2O3/c1-8-2-4-9(5-3-8)12-11(14)13(19)16(7-15-12)6-10(17)18/h2-5,7H,6H2,1H3,(H,17,18). The summed E-state index contributed by atoms with van der Waals surface area (Å²) >= 11 is 0. The largest absolute Gasteiger partial charge is 0.480 e. The van der Waals surface area contributed by atoms with Gasteiger partial charge < -0.3 is 5.11 Å². The third-order valence-corrected chi connectivity index (χ3v) is 2.61. The van der Waals surface area contributed by atoms with Crippen molar-refractivity contribution in [3.05, 3.63) is 52.3 Å². The summed E-state index contributed by atoms with van der Waals surface area (Å²) in [4.78, 5) is 26.0. The zero-order chi connectivity index (χ0) is 14.0. The van der Waals surface area contributed by atoms with Crippen LogP contribution in [-0.2, 0) is 11.3 Å². The number of carbonyl (C=O) groups is 1. The molecule has 19 heavy (non-hydrogen) atoms. The molecule has 1 aromatic carbocycles. The highest BCUT2D eigenvalue weighted by atomic mass is 19.1. The predicted molar refractivity (Wildman–Crippen MR) is 66.3 cm³/mol. The Bertz CT molecular complexity index is 677. The molecule has 6 heteroatoms. The lowest BCUT2D eigenvalue weighted by molar-refractivity contribution is -0.137. The van der Waals surface area contributed by atoms with Gasteiger partial charge in [0, 0.05) is 5.56 Å². The van der Waals surface area contributed by atoms with E-state index in [9.17, 15) is 14.0 Å². The molecule has 0 fully saturated rings. The third kappa shape index (κ3) is 2.67. The number of aromatic nitrogens is 2. The molecular weight excluding hydrogens is 251 g/mol. The molecule has 0 spiro atoms. The monoisotopic (exact) mass is 262 g/mol. The molecule has 1 heterocycles. The van der Waals surface area contributed by atoms with Crippen LogP contribution in [0.2, 0.25) is 0 Å². The van der Waals surface area contributed by atoms with Crippen molar-refractivity contribution in [3.8, 4) is 11.3 Å². The Labute approximate surface area is 108 Å². The van der Waals surface area contributed by atoms with Gasteiger partial charge in [0.1, 0.15) is 12.2 Å². The zero-order valence-corrected chi connectivity index (χ0v) is 10.1. The number of carboxylic acid groups (broad SMARTS) is 1. The fourth-order valence-corrected chi connectivity index (χ4v) is 1.63. The first kappa shape index (κ1) is 12.9. The van der Waals surface area contributed by atoms with Crippen LogP contribution in [0, 0.1) is 12.7 Å². The van der Waals surface area contributed by atoms with Crippen molar-refractivity contribution in [2.24, 2.45) is 0 Å². The predicted octanol–water partition coefficient (Wildman–Crippen LogP) is 1.44. The van der Waals surface area contributed by atoms with Gasteiger partial charge in [0.05, 0.1) is 6.33 Å². The molecule has 2 aromatic rings. The third-order valence-electron chi connectivity index (χ3n) is 2.61. The normalized spacial score (nSPS) is 10.4. The SMILES string of the molecule is Cc1ccc(-c2ncn(CC(=O)O)c(=O)c2F)cc1. The second-order valence-corrected chi connectivity index (χ2v) is 4.10. The molecule has 0 saturated carbocycles. The van der Waals surface area contributed by atoms with Gasteiger partial charge in [0.2, 0.25) is 5.82 Å². The van der Waals surface area contributed by atoms with Gasteiger partial charge in [-0.3, -0.25) is 14.2 Å². The summed E-state index contributed by atoms with van der Waals surface area (Å²) in [7, 11) is 0. The van der Waals surface area contributed by atoms with Crippen molar-refractivity contribution in [2.45, 2.75) is 13.5 Å². The zero-order valence-electron chi connectivity index (χ0n) is 10.1. The molecule has 1 aromatic heterocycles. The van der Waals surface area contributed by atoms with Crippen LogP contribution in [0.5, 0.6) is 0 Å². The van der Waals surface area contributed by atoms with Gasteiger partial charge in [-0.15, -0.1) is 0 Å². The summed E-state index contributed by atoms with van der Waals surface area (Å²) in [6.45, 7) is 1.27. The Hall–Kier alpha value is -2.50. The minimum atomic E-state index is -1.23. The fourth-order valence-electron chi connectivity index (χ4n) is 1.63. The summed E-state index contributed by atoms with van der Waals surface area (Å²) in [5, 5.41) is 8.59. The Morgan fingerprint density at radius 3 is 2.58 bits per heavy atom. The molecule has 0 aliphatic heterocycles. The number of carboxylic acids is 1. The van der Waals surface area contributed by atoms with Crippen LogP contribution in [0.1, 0.15) is 5.56 Å². The number of nitrogens with zero attached hydrogens (tertiary/aromatic N) is 2. The average molecular weight is 262 g/mol. The van der Waals surface area contributed by atoms with Crippen molar-refractivity contribution < 1.29 is 14.3 Å². The first-order valence-electron chi connectivity index (χ1n) is 5.53. The van der Waals surface area contributed by atoms with Gasteiger partial charge >= 0.3 is 5.97 Å². The van der Waals surface area contributed by atoms with E-state index in [0.717, 1.165) is 16.5 Å². The Kier molecular flexibility index (Phi) is 3.41. The highest BCUT2D eigenvalue weighted by molar-refractivity contribution is 5.66. The summed E-state index contributed by atoms with van der Waals surface area (Å²) in [5.41, 5.74) is 0.408. The molecule has 0 radical (unpaired) electrons. The van der Waals surface area contributed by atoms with E-state index < -0.39 is 23.9 Å². The number of rotatable bonds is 3. The molecule has 0 saturated heterocycles. The van der Waals surface area contributed by atoms with Gasteiger partial charge in [-0.25, -0.2) is 4.98 Å². The fraction of sp³-hybridized carbons (Fsp3) is 0.154. The van der Waals surface area contributed by atoms with Crippen LogP contribution in [0.4, 0.5) is 4.39 Å². The number of hydrogen-bond acceptors (Lipinski definition) is 3. The maximum atomic E-state index is 13.9. The van der Waals surface area contributed by atoms with Crippen molar-refractivity contribution in [1.29, 1.82) is 0 Å². The van der Waals surface area contributed by atoms with Gasteiger partial charge in [0.15, 0.2) is 0 Å². The maximum absolute atomic E-state index is 13.9. The van der Waals surface area contributed by atoms with Gasteiger partial charge in [-0.05, 0) is 6.92 Å². The van der Waals surface area contributed by atoms with Gasteiger partial charge in [-0.2, -0.15) is 4.39 Å². The first-order chi connectivity index (χ1) is 8.99. The molecule has 0 amide bonds. The molecule has 2 rings (SSSR count). The number of hydrogen-bond donors (Lipinski definition) is 1. The van der Waals surface area contributed by atoms with Crippen LogP contribution < -0.4 is 5.56 Å². The Balaban J connectivity index is 2.49. The quantitative estimate of drug-likeness (QED) is 0.908. The van der Waals surface area contributed by atoms with Crippen molar-refractivity contribution in [3.63, 3.8) is 0 Å². The van der Waals surface area contributed by atoms with E-state index in [1.54, 1.807) is 24.3 Å². The molecule has 0 atom stereocenters. The minimum Gasteiger partial charge on any atom is -0.480 e. The second-order valence-electron chi connectivity index (χ2n) is 4.10. The number of halogens is 1. The molecular formula is C13H11FN2O3. The van der Waals surface area contributed by atoms with E-state index in [4.69, 9.17) is 5.11 Å². The number of aryl methyl sites for hydroxylation is 1. The Morgan fingerprint density at radius 2 is 2.00 bits per heavy atom. The van der Waals surface area contributed by atoms with E-state index in [0.29, 0.717) is 5.56 Å². The molecule has 5 nitrogen and oxygen atoms in total. The highest BCUT2D eigenvalue weighted by Gasteiger charge is 2.14. The van der Waals surface area contributed by atoms with Crippen LogP contribution in [0.15, 0.2) is 35.4 Å². The summed E-state index contributed by atoms with van der Waals surface area (Å²) in [6, 6.07) is 6.86. The van der Waals surface area contributed by atoms with Crippen LogP contribution in [-0.4, -0.2) is 20.6 Å². The Morgan fingerprint density at radius 1 is 1.37 bits per heavy atom. The highest BCUT2D eigenvalue weighted by Crippen LogP contribution is 2.18. The molecule has 0 unspecified atom stereocenters. The minimum absolute atomic E-state index is 0.0772. The van der Waals surface area contributed by atoms with Crippen molar-refractivity contribution in [1.82, 2.24) is 9.55 Å². The lowest BCUT2D eigenvalue weighted by Gasteiger charge is -2.06. The molecule has 0 bridgehead atoms. The number of aliphatic carboxylic acids is 1. The van der Waals surface area contributed by atoms with E-state index >= 15 is 0 Å². The summed E-state index contributed by atoms with van der Waals surface area (Å²) in [6.07, 6.45) is 1.04. The van der Waals surface area contributed by atoms with Crippen LogP contribution >= 0.6 is 0 Å². The lowest BCUT2D eigenvalue weighted by Crippen LogP contribution is -2.27. The second kappa shape index (κ2) is 5.01. The molecule has 1 N–H and O–H groups in total. The molecule has 0 aliphatic carbocycles. The lowest BCUT2D eigenvalue weighted by atomic mass is 10.1. The van der Waals surface area contributed by atoms with Crippen LogP contribution in [0.3, 0.4) is 0 Å². The maximum Gasteiger partial charge on any atom is 0.323 e. The molecule has 0 aliphatic rings. The van der Waals surface area contributed by atoms with Crippen LogP contribution in [0.25, 0.3) is 11.3 Å². The van der Waals surface area contributed by atoms with E-state index in [-0.39, 0.29) is 5.69 Å². The van der Waals surface area contributed by atoms with Crippen molar-refractivity contribution in [2.75, 3.05) is 0 Å².